The van der Waals surface area contributed by atoms with Crippen molar-refractivity contribution in [1.29, 1.82) is 0 Å². The van der Waals surface area contributed by atoms with Crippen molar-refractivity contribution in [2.45, 2.75) is 18.9 Å². The van der Waals surface area contributed by atoms with E-state index in [2.05, 4.69) is 5.32 Å². The Morgan fingerprint density at radius 2 is 2.10 bits per heavy atom. The molecule has 1 atom stereocenters. The number of carbonyl (C=O) groups excluding carboxylic acids is 1. The van der Waals surface area contributed by atoms with E-state index in [1.807, 2.05) is 29.2 Å². The lowest BCUT2D eigenvalue weighted by molar-refractivity contribution is -0.137. The van der Waals surface area contributed by atoms with Gasteiger partial charge in [-0.3, -0.25) is 9.59 Å². The molecule has 1 aliphatic rings. The van der Waals surface area contributed by atoms with Crippen LogP contribution in [0.25, 0.3) is 0 Å². The van der Waals surface area contributed by atoms with Crippen LogP contribution in [0.1, 0.15) is 24.4 Å². The maximum Gasteiger partial charge on any atom is 0.303 e. The van der Waals surface area contributed by atoms with Crippen LogP contribution < -0.4 is 16.0 Å². The Morgan fingerprint density at radius 3 is 2.70 bits per heavy atom. The molecular weight excluding hydrogens is 258 g/mol. The lowest BCUT2D eigenvalue weighted by Gasteiger charge is -2.28. The highest BCUT2D eigenvalue weighted by molar-refractivity contribution is 5.82. The number of carboxylic acids is 1. The number of hydrogen-bond acceptors (Lipinski definition) is 4. The molecule has 0 aromatic heterocycles. The first-order valence-electron chi connectivity index (χ1n) is 6.65. The Hall–Kier alpha value is -2.08. The number of benzene rings is 1. The number of carbonyl (C=O) groups is 2. The third-order valence-electron chi connectivity index (χ3n) is 3.39. The molecule has 0 bridgehead atoms. The van der Waals surface area contributed by atoms with E-state index in [1.54, 1.807) is 0 Å². The second-order valence-corrected chi connectivity index (χ2v) is 4.90. The van der Waals surface area contributed by atoms with Gasteiger partial charge in [0, 0.05) is 31.2 Å². The maximum atomic E-state index is 11.3. The smallest absolute Gasteiger partial charge is 0.303 e. The summed E-state index contributed by atoms with van der Waals surface area (Å²) in [6.45, 7) is 1.80. The Morgan fingerprint density at radius 1 is 1.40 bits per heavy atom. The lowest BCUT2D eigenvalue weighted by atomic mass is 10.0. The van der Waals surface area contributed by atoms with Crippen LogP contribution in [0.4, 0.5) is 5.69 Å². The van der Waals surface area contributed by atoms with Crippen LogP contribution in [0.5, 0.6) is 0 Å². The minimum absolute atomic E-state index is 0.0264. The largest absolute Gasteiger partial charge is 0.481 e. The summed E-state index contributed by atoms with van der Waals surface area (Å²) in [5.41, 5.74) is 7.85. The van der Waals surface area contributed by atoms with Crippen molar-refractivity contribution in [3.05, 3.63) is 29.8 Å². The summed E-state index contributed by atoms with van der Waals surface area (Å²) in [4.78, 5) is 23.9. The molecule has 1 saturated heterocycles. The summed E-state index contributed by atoms with van der Waals surface area (Å²) in [5, 5.41) is 11.4. The Labute approximate surface area is 117 Å². The van der Waals surface area contributed by atoms with E-state index in [-0.39, 0.29) is 18.4 Å². The number of nitrogens with two attached hydrogens (primary N) is 1. The van der Waals surface area contributed by atoms with Crippen molar-refractivity contribution in [2.24, 2.45) is 5.73 Å². The number of nitrogens with one attached hydrogen (secondary N) is 1. The van der Waals surface area contributed by atoms with E-state index < -0.39 is 5.97 Å². The van der Waals surface area contributed by atoms with Crippen molar-refractivity contribution < 1.29 is 14.7 Å². The van der Waals surface area contributed by atoms with E-state index >= 15 is 0 Å². The molecule has 1 heterocycles. The fourth-order valence-corrected chi connectivity index (χ4v) is 2.24. The molecule has 6 heteroatoms. The molecule has 1 fully saturated rings. The molecule has 6 nitrogen and oxygen atoms in total. The zero-order valence-electron chi connectivity index (χ0n) is 11.2. The topological polar surface area (TPSA) is 95.7 Å². The van der Waals surface area contributed by atoms with Gasteiger partial charge in [-0.05, 0) is 24.1 Å². The fourth-order valence-electron chi connectivity index (χ4n) is 2.24. The van der Waals surface area contributed by atoms with Crippen molar-refractivity contribution in [1.82, 2.24) is 5.32 Å². The molecular formula is C14H19N3O3. The van der Waals surface area contributed by atoms with Gasteiger partial charge < -0.3 is 21.1 Å². The number of anilines is 1. The highest BCUT2D eigenvalue weighted by atomic mass is 16.4. The normalized spacial score (nSPS) is 16.6. The molecule has 1 unspecified atom stereocenters. The average Bonchev–Trinajstić information content (AvgIpc) is 2.45. The first-order valence-corrected chi connectivity index (χ1v) is 6.65. The van der Waals surface area contributed by atoms with E-state index in [1.165, 1.54) is 0 Å². The molecule has 1 amide bonds. The number of aliphatic carboxylic acids is 1. The van der Waals surface area contributed by atoms with Gasteiger partial charge in [-0.25, -0.2) is 0 Å². The van der Waals surface area contributed by atoms with E-state index in [9.17, 15) is 9.59 Å². The van der Waals surface area contributed by atoms with Crippen LogP contribution in [0.15, 0.2) is 24.3 Å². The summed E-state index contributed by atoms with van der Waals surface area (Å²) in [6, 6.07) is 7.37. The van der Waals surface area contributed by atoms with E-state index in [0.29, 0.717) is 19.5 Å². The summed E-state index contributed by atoms with van der Waals surface area (Å²) in [6.07, 6.45) is 0.482. The summed E-state index contributed by atoms with van der Waals surface area (Å²) < 4.78 is 0. The van der Waals surface area contributed by atoms with Gasteiger partial charge in [0.1, 0.15) is 0 Å². The van der Waals surface area contributed by atoms with Crippen LogP contribution >= 0.6 is 0 Å². The standard InChI is InChI=1S/C14H19N3O3/c15-12(5-6-14(19)20)10-1-3-11(4-2-10)17-8-7-16-13(18)9-17/h1-4,12H,5-9,15H2,(H,16,18)(H,19,20). The lowest BCUT2D eigenvalue weighted by Crippen LogP contribution is -2.47. The minimum Gasteiger partial charge on any atom is -0.481 e. The Bertz CT molecular complexity index is 487. The van der Waals surface area contributed by atoms with Gasteiger partial charge in [0.15, 0.2) is 0 Å². The molecule has 4 N–H and O–H groups in total. The van der Waals surface area contributed by atoms with Gasteiger partial charge in [0.25, 0.3) is 0 Å². The van der Waals surface area contributed by atoms with Gasteiger partial charge in [-0.2, -0.15) is 0 Å². The van der Waals surface area contributed by atoms with Gasteiger partial charge in [-0.1, -0.05) is 12.1 Å². The van der Waals surface area contributed by atoms with E-state index in [4.69, 9.17) is 10.8 Å². The molecule has 2 rings (SSSR count). The number of carboxylic acid groups (broad SMARTS) is 1. The molecule has 0 aliphatic carbocycles. The SMILES string of the molecule is NC(CCC(=O)O)c1ccc(N2CCNC(=O)C2)cc1. The van der Waals surface area contributed by atoms with Gasteiger partial charge in [0.2, 0.25) is 5.91 Å². The molecule has 0 spiro atoms. The van der Waals surface area contributed by atoms with Gasteiger partial charge in [-0.15, -0.1) is 0 Å². The van der Waals surface area contributed by atoms with Crippen molar-refractivity contribution >= 4 is 17.6 Å². The maximum absolute atomic E-state index is 11.3. The van der Waals surface area contributed by atoms with Crippen molar-refractivity contribution in [3.8, 4) is 0 Å². The molecule has 1 aliphatic heterocycles. The second-order valence-electron chi connectivity index (χ2n) is 4.90. The van der Waals surface area contributed by atoms with Crippen LogP contribution in [0.3, 0.4) is 0 Å². The molecule has 1 aromatic rings. The summed E-state index contributed by atoms with van der Waals surface area (Å²) in [5.74, 6) is -0.810. The van der Waals surface area contributed by atoms with Gasteiger partial charge in [0.05, 0.1) is 6.54 Å². The van der Waals surface area contributed by atoms with Crippen molar-refractivity contribution in [2.75, 3.05) is 24.5 Å². The van der Waals surface area contributed by atoms with Crippen LogP contribution in [0, 0.1) is 0 Å². The predicted octanol–water partition coefficient (Wildman–Crippen LogP) is 0.487. The fraction of sp³-hybridized carbons (Fsp3) is 0.429. The molecule has 0 radical (unpaired) electrons. The third-order valence-corrected chi connectivity index (χ3v) is 3.39. The second kappa shape index (κ2) is 6.38. The average molecular weight is 277 g/mol. The van der Waals surface area contributed by atoms with Crippen molar-refractivity contribution in [3.63, 3.8) is 0 Å². The number of nitrogens with zero attached hydrogens (tertiary/aromatic N) is 1. The van der Waals surface area contributed by atoms with E-state index in [0.717, 1.165) is 17.8 Å². The highest BCUT2D eigenvalue weighted by Gasteiger charge is 2.16. The van der Waals surface area contributed by atoms with Gasteiger partial charge >= 0.3 is 5.97 Å². The highest BCUT2D eigenvalue weighted by Crippen LogP contribution is 2.21. The predicted molar refractivity (Wildman–Crippen MR) is 75.5 cm³/mol. The molecule has 1 aromatic carbocycles. The first kappa shape index (κ1) is 14.3. The minimum atomic E-state index is -0.837. The number of piperazine rings is 1. The number of rotatable bonds is 5. The molecule has 108 valence electrons. The van der Waals surface area contributed by atoms with Crippen LogP contribution in [-0.4, -0.2) is 36.6 Å². The summed E-state index contributed by atoms with van der Waals surface area (Å²) >= 11 is 0. The zero-order valence-corrected chi connectivity index (χ0v) is 11.2. The zero-order chi connectivity index (χ0) is 14.5. The summed E-state index contributed by atoms with van der Waals surface area (Å²) in [7, 11) is 0. The van der Waals surface area contributed by atoms with Crippen LogP contribution in [-0.2, 0) is 9.59 Å². The Balaban J connectivity index is 1.98. The molecule has 20 heavy (non-hydrogen) atoms. The monoisotopic (exact) mass is 277 g/mol. The first-order chi connectivity index (χ1) is 9.56. The third kappa shape index (κ3) is 3.71. The number of amides is 1. The molecule has 0 saturated carbocycles. The quantitative estimate of drug-likeness (QED) is 0.728. The van der Waals surface area contributed by atoms with Crippen LogP contribution in [0.2, 0.25) is 0 Å². The number of hydrogen-bond donors (Lipinski definition) is 3. The Kier molecular flexibility index (Phi) is 4.57.